The van der Waals surface area contributed by atoms with Crippen molar-refractivity contribution in [1.29, 1.82) is 0 Å². The van der Waals surface area contributed by atoms with Gasteiger partial charge in [0.05, 0.1) is 17.4 Å². The average Bonchev–Trinajstić information content (AvgIpc) is 2.71. The van der Waals surface area contributed by atoms with Crippen LogP contribution in [0.5, 0.6) is 0 Å². The van der Waals surface area contributed by atoms with E-state index in [0.29, 0.717) is 13.1 Å². The lowest BCUT2D eigenvalue weighted by atomic mass is 10.2. The number of esters is 1. The molecule has 146 valence electrons. The lowest BCUT2D eigenvalue weighted by Gasteiger charge is -2.24. The van der Waals surface area contributed by atoms with Gasteiger partial charge in [0, 0.05) is 18.0 Å². The van der Waals surface area contributed by atoms with Crippen molar-refractivity contribution in [3.63, 3.8) is 0 Å². The number of hydrogen-bond acceptors (Lipinski definition) is 5. The molecule has 0 saturated heterocycles. The molecule has 0 unspecified atom stereocenters. The van der Waals surface area contributed by atoms with Gasteiger partial charge in [0.25, 0.3) is 5.91 Å². The Morgan fingerprint density at radius 1 is 1.11 bits per heavy atom. The van der Waals surface area contributed by atoms with E-state index in [-0.39, 0.29) is 24.8 Å². The molecule has 7 heteroatoms. The maximum Gasteiger partial charge on any atom is 0.307 e. The molecule has 0 aliphatic carbocycles. The number of carbonyl (C=O) groups is 3. The van der Waals surface area contributed by atoms with E-state index >= 15 is 0 Å². The first kappa shape index (κ1) is 19.9. The Balaban J connectivity index is 1.49. The number of thioether (sulfide) groups is 1. The number of carbonyl (C=O) groups excluding carboxylic acids is 3. The van der Waals surface area contributed by atoms with E-state index in [0.717, 1.165) is 16.1 Å². The molecule has 28 heavy (non-hydrogen) atoms. The molecule has 0 fully saturated rings. The van der Waals surface area contributed by atoms with E-state index in [2.05, 4.69) is 5.32 Å². The van der Waals surface area contributed by atoms with E-state index in [1.54, 1.807) is 4.90 Å². The van der Waals surface area contributed by atoms with Crippen LogP contribution in [0.1, 0.15) is 18.9 Å². The summed E-state index contributed by atoms with van der Waals surface area (Å²) in [5.41, 5.74) is 1.76. The molecule has 0 bridgehead atoms. The van der Waals surface area contributed by atoms with Crippen LogP contribution in [0.25, 0.3) is 0 Å². The summed E-state index contributed by atoms with van der Waals surface area (Å²) in [7, 11) is 0. The SMILES string of the molecule is CCN(Cc1ccccc1)C(=O)COC(=O)C[C@H]1Sc2ccccc2NC1=O. The first-order chi connectivity index (χ1) is 13.6. The van der Waals surface area contributed by atoms with Crippen molar-refractivity contribution in [2.75, 3.05) is 18.5 Å². The Bertz CT molecular complexity index is 856. The van der Waals surface area contributed by atoms with Crippen LogP contribution in [0.4, 0.5) is 5.69 Å². The standard InChI is InChI=1S/C21H22N2O4S/c1-2-23(13-15-8-4-3-5-9-15)19(24)14-27-20(25)12-18-21(26)22-16-10-6-7-11-17(16)28-18/h3-11,18H,2,12-14H2,1H3,(H,22,26)/t18-/m1/s1. The second-order valence-corrected chi connectivity index (χ2v) is 7.59. The Morgan fingerprint density at radius 3 is 2.57 bits per heavy atom. The first-order valence-electron chi connectivity index (χ1n) is 9.10. The number of likely N-dealkylation sites (N-methyl/N-ethyl adjacent to an activating group) is 1. The van der Waals surface area contributed by atoms with Crippen LogP contribution >= 0.6 is 11.8 Å². The fourth-order valence-electron chi connectivity index (χ4n) is 2.85. The van der Waals surface area contributed by atoms with E-state index in [4.69, 9.17) is 4.74 Å². The van der Waals surface area contributed by atoms with Crippen LogP contribution < -0.4 is 5.32 Å². The molecule has 6 nitrogen and oxygen atoms in total. The summed E-state index contributed by atoms with van der Waals surface area (Å²) in [6.07, 6.45) is -0.0804. The van der Waals surface area contributed by atoms with Crippen LogP contribution in [-0.2, 0) is 25.7 Å². The Kier molecular flexibility index (Phi) is 6.71. The molecule has 0 radical (unpaired) electrons. The quantitative estimate of drug-likeness (QED) is 0.726. The number of amides is 2. The maximum absolute atomic E-state index is 12.4. The summed E-state index contributed by atoms with van der Waals surface area (Å²) in [4.78, 5) is 39.2. The third-order valence-corrected chi connectivity index (χ3v) is 5.64. The van der Waals surface area contributed by atoms with E-state index in [1.165, 1.54) is 11.8 Å². The van der Waals surface area contributed by atoms with Crippen molar-refractivity contribution in [2.24, 2.45) is 0 Å². The second kappa shape index (κ2) is 9.41. The van der Waals surface area contributed by atoms with Gasteiger partial charge >= 0.3 is 5.97 Å². The minimum absolute atomic E-state index is 0.0804. The fraction of sp³-hybridized carbons (Fsp3) is 0.286. The molecule has 1 aliphatic heterocycles. The van der Waals surface area contributed by atoms with Gasteiger partial charge in [0.2, 0.25) is 5.91 Å². The van der Waals surface area contributed by atoms with Gasteiger partial charge in [0.1, 0.15) is 0 Å². The molecule has 1 atom stereocenters. The zero-order valence-electron chi connectivity index (χ0n) is 15.6. The topological polar surface area (TPSA) is 75.7 Å². The van der Waals surface area contributed by atoms with Gasteiger partial charge in [-0.25, -0.2) is 0 Å². The molecule has 3 rings (SSSR count). The Hall–Kier alpha value is -2.80. The molecule has 0 saturated carbocycles. The van der Waals surface area contributed by atoms with Gasteiger partial charge in [-0.1, -0.05) is 42.5 Å². The van der Waals surface area contributed by atoms with Gasteiger partial charge in [-0.15, -0.1) is 11.8 Å². The number of hydrogen-bond donors (Lipinski definition) is 1. The summed E-state index contributed by atoms with van der Waals surface area (Å²) >= 11 is 1.33. The molecule has 2 aromatic rings. The van der Waals surface area contributed by atoms with E-state index in [9.17, 15) is 14.4 Å². The van der Waals surface area contributed by atoms with Crippen molar-refractivity contribution in [3.8, 4) is 0 Å². The highest BCUT2D eigenvalue weighted by molar-refractivity contribution is 8.01. The summed E-state index contributed by atoms with van der Waals surface area (Å²) in [6.45, 7) is 2.53. The lowest BCUT2D eigenvalue weighted by molar-refractivity contribution is -0.152. The predicted octanol–water partition coefficient (Wildman–Crippen LogP) is 3.08. The smallest absolute Gasteiger partial charge is 0.307 e. The third kappa shape index (κ3) is 5.13. The second-order valence-electron chi connectivity index (χ2n) is 6.35. The predicted molar refractivity (Wildman–Crippen MR) is 108 cm³/mol. The maximum atomic E-state index is 12.4. The van der Waals surface area contributed by atoms with Crippen molar-refractivity contribution in [2.45, 2.75) is 30.0 Å². The first-order valence-corrected chi connectivity index (χ1v) is 9.98. The minimum atomic E-state index is -0.566. The number of para-hydroxylation sites is 1. The Morgan fingerprint density at radius 2 is 1.82 bits per heavy atom. The highest BCUT2D eigenvalue weighted by Crippen LogP contribution is 2.36. The third-order valence-electron chi connectivity index (χ3n) is 4.37. The van der Waals surface area contributed by atoms with E-state index in [1.807, 2.05) is 61.5 Å². The molecule has 2 amide bonds. The molecule has 0 spiro atoms. The largest absolute Gasteiger partial charge is 0.456 e. The summed E-state index contributed by atoms with van der Waals surface area (Å²) in [5.74, 6) is -1.05. The van der Waals surface area contributed by atoms with E-state index < -0.39 is 11.2 Å². The molecule has 1 heterocycles. The number of nitrogens with one attached hydrogen (secondary N) is 1. The number of benzene rings is 2. The van der Waals surface area contributed by atoms with Gasteiger partial charge in [-0.2, -0.15) is 0 Å². The minimum Gasteiger partial charge on any atom is -0.456 e. The molecular weight excluding hydrogens is 376 g/mol. The van der Waals surface area contributed by atoms with Gasteiger partial charge in [0.15, 0.2) is 6.61 Å². The van der Waals surface area contributed by atoms with Crippen LogP contribution in [0.3, 0.4) is 0 Å². The number of ether oxygens (including phenoxy) is 1. The zero-order valence-corrected chi connectivity index (χ0v) is 16.4. The van der Waals surface area contributed by atoms with Crippen molar-refractivity contribution >= 4 is 35.2 Å². The van der Waals surface area contributed by atoms with Crippen molar-refractivity contribution < 1.29 is 19.1 Å². The lowest BCUT2D eigenvalue weighted by Crippen LogP contribution is -2.35. The molecular formula is C21H22N2O4S. The molecule has 1 N–H and O–H groups in total. The van der Waals surface area contributed by atoms with Gasteiger partial charge < -0.3 is 15.0 Å². The molecule has 0 aromatic heterocycles. The molecule has 2 aromatic carbocycles. The van der Waals surface area contributed by atoms with Crippen LogP contribution in [-0.4, -0.2) is 41.1 Å². The summed E-state index contributed by atoms with van der Waals surface area (Å²) < 4.78 is 5.14. The number of nitrogens with zero attached hydrogens (tertiary/aromatic N) is 1. The normalized spacial score (nSPS) is 15.3. The van der Waals surface area contributed by atoms with Crippen molar-refractivity contribution in [3.05, 3.63) is 60.2 Å². The van der Waals surface area contributed by atoms with Crippen LogP contribution in [0.2, 0.25) is 0 Å². The van der Waals surface area contributed by atoms with Gasteiger partial charge in [-0.3, -0.25) is 14.4 Å². The number of rotatable bonds is 7. The average molecular weight is 398 g/mol. The fourth-order valence-corrected chi connectivity index (χ4v) is 3.95. The zero-order chi connectivity index (χ0) is 19.9. The highest BCUT2D eigenvalue weighted by Gasteiger charge is 2.29. The summed E-state index contributed by atoms with van der Waals surface area (Å²) in [5, 5.41) is 2.23. The monoisotopic (exact) mass is 398 g/mol. The van der Waals surface area contributed by atoms with Crippen LogP contribution in [0.15, 0.2) is 59.5 Å². The van der Waals surface area contributed by atoms with Crippen LogP contribution in [0, 0.1) is 0 Å². The Labute approximate surface area is 168 Å². The number of anilines is 1. The number of fused-ring (bicyclic) bond motifs is 1. The van der Waals surface area contributed by atoms with Crippen molar-refractivity contribution in [1.82, 2.24) is 4.90 Å². The summed E-state index contributed by atoms with van der Waals surface area (Å²) in [6, 6.07) is 17.1. The van der Waals surface area contributed by atoms with Gasteiger partial charge in [-0.05, 0) is 24.6 Å². The highest BCUT2D eigenvalue weighted by atomic mass is 32.2. The molecule has 1 aliphatic rings.